The zero-order valence-corrected chi connectivity index (χ0v) is 19.5. The third kappa shape index (κ3) is 6.70. The predicted molar refractivity (Wildman–Crippen MR) is 125 cm³/mol. The Bertz CT molecular complexity index is 1050. The molecule has 0 spiro atoms. The van der Waals surface area contributed by atoms with E-state index in [1.54, 1.807) is 18.2 Å². The van der Waals surface area contributed by atoms with Gasteiger partial charge in [-0.1, -0.05) is 24.8 Å². The molecule has 0 unspecified atom stereocenters. The van der Waals surface area contributed by atoms with Crippen LogP contribution in [0.3, 0.4) is 0 Å². The molecule has 1 aliphatic rings. The topological polar surface area (TPSA) is 45.2 Å². The zero-order chi connectivity index (χ0) is 24.4. The molecule has 1 saturated carbocycles. The summed E-state index contributed by atoms with van der Waals surface area (Å²) in [6.45, 7) is 10.3. The molecule has 0 saturated heterocycles. The van der Waals surface area contributed by atoms with E-state index in [0.29, 0.717) is 28.4 Å². The number of carbonyl (C=O) groups excluding carboxylic acids is 1. The lowest BCUT2D eigenvalue weighted by atomic mass is 10.0. The van der Waals surface area contributed by atoms with Gasteiger partial charge in [0.15, 0.2) is 0 Å². The van der Waals surface area contributed by atoms with Crippen molar-refractivity contribution in [3.05, 3.63) is 72.0 Å². The third-order valence-corrected chi connectivity index (χ3v) is 5.26. The van der Waals surface area contributed by atoms with E-state index in [-0.39, 0.29) is 5.91 Å². The fourth-order valence-corrected chi connectivity index (χ4v) is 3.49. The summed E-state index contributed by atoms with van der Waals surface area (Å²) in [5.41, 5.74) is 1.50. The number of rotatable bonds is 7. The van der Waals surface area contributed by atoms with Crippen molar-refractivity contribution in [1.29, 1.82) is 0 Å². The number of amides is 1. The van der Waals surface area contributed by atoms with Crippen molar-refractivity contribution in [1.82, 2.24) is 15.2 Å². The first kappa shape index (κ1) is 24.6. The minimum Gasteiger partial charge on any atom is -0.373 e. The molecule has 176 valence electrons. The summed E-state index contributed by atoms with van der Waals surface area (Å²) in [4.78, 5) is 19.8. The molecule has 1 amide bonds. The highest BCUT2D eigenvalue weighted by Crippen LogP contribution is 2.33. The van der Waals surface area contributed by atoms with Crippen LogP contribution in [0.15, 0.2) is 55.1 Å². The van der Waals surface area contributed by atoms with Gasteiger partial charge in [0, 0.05) is 30.3 Å². The normalized spacial score (nSPS) is 14.7. The Kier molecular flexibility index (Phi) is 7.00. The molecule has 33 heavy (non-hydrogen) atoms. The minimum absolute atomic E-state index is 0.276. The average molecular weight is 458 g/mol. The van der Waals surface area contributed by atoms with Gasteiger partial charge in [-0.15, -0.1) is 0 Å². The lowest BCUT2D eigenvalue weighted by molar-refractivity contribution is -0.137. The highest BCUT2D eigenvalue weighted by Gasteiger charge is 2.30. The van der Waals surface area contributed by atoms with Crippen LogP contribution in [-0.4, -0.2) is 34.9 Å². The molecule has 0 aliphatic heterocycles. The van der Waals surface area contributed by atoms with Crippen LogP contribution in [0.1, 0.15) is 55.2 Å². The standard InChI is InChI=1S/C26H30F3N3O/c1-6-7-23(32(5)16-17-8-9-17)22-15-19(24(33)31-25(2,3)4)14-21(30-22)18-10-12-20(13-11-18)26(27,28)29/h6-7,10-15,17H,1,8-9,16H2,2-5H3,(H,31,33)/b23-7-. The predicted octanol–water partition coefficient (Wildman–Crippen LogP) is 6.16. The fraction of sp³-hybridized carbons (Fsp3) is 0.385. The first-order valence-corrected chi connectivity index (χ1v) is 10.9. The number of benzene rings is 1. The Morgan fingerprint density at radius 2 is 1.82 bits per heavy atom. The van der Waals surface area contributed by atoms with Gasteiger partial charge in [-0.05, 0) is 69.9 Å². The van der Waals surface area contributed by atoms with Crippen LogP contribution in [-0.2, 0) is 6.18 Å². The maximum absolute atomic E-state index is 13.0. The van der Waals surface area contributed by atoms with Crippen LogP contribution in [0, 0.1) is 5.92 Å². The van der Waals surface area contributed by atoms with E-state index < -0.39 is 17.3 Å². The summed E-state index contributed by atoms with van der Waals surface area (Å²) in [7, 11) is 1.97. The van der Waals surface area contributed by atoms with Crippen LogP contribution in [0.2, 0.25) is 0 Å². The number of carbonyl (C=O) groups is 1. The average Bonchev–Trinajstić information content (AvgIpc) is 3.53. The lowest BCUT2D eigenvalue weighted by Gasteiger charge is -2.24. The van der Waals surface area contributed by atoms with E-state index in [1.165, 1.54) is 25.0 Å². The Morgan fingerprint density at radius 3 is 2.33 bits per heavy atom. The van der Waals surface area contributed by atoms with E-state index in [4.69, 9.17) is 4.98 Å². The van der Waals surface area contributed by atoms with Gasteiger partial charge in [-0.3, -0.25) is 4.79 Å². The van der Waals surface area contributed by atoms with Crippen LogP contribution in [0.5, 0.6) is 0 Å². The molecule has 1 fully saturated rings. The van der Waals surface area contributed by atoms with Crippen LogP contribution >= 0.6 is 0 Å². The van der Waals surface area contributed by atoms with Crippen LogP contribution in [0.25, 0.3) is 17.0 Å². The number of aromatic nitrogens is 1. The molecule has 0 atom stereocenters. The van der Waals surface area contributed by atoms with Crippen molar-refractivity contribution < 1.29 is 18.0 Å². The highest BCUT2D eigenvalue weighted by atomic mass is 19.4. The molecule has 1 aliphatic carbocycles. The lowest BCUT2D eigenvalue weighted by Crippen LogP contribution is -2.40. The third-order valence-electron chi connectivity index (χ3n) is 5.26. The van der Waals surface area contributed by atoms with E-state index in [9.17, 15) is 18.0 Å². The van der Waals surface area contributed by atoms with Crippen molar-refractivity contribution in [3.8, 4) is 11.3 Å². The van der Waals surface area contributed by atoms with Crippen LogP contribution in [0.4, 0.5) is 13.2 Å². The van der Waals surface area contributed by atoms with Gasteiger partial charge in [0.1, 0.15) is 0 Å². The number of alkyl halides is 3. The second-order valence-electron chi connectivity index (χ2n) is 9.52. The quantitative estimate of drug-likeness (QED) is 0.506. The van der Waals surface area contributed by atoms with Crippen molar-refractivity contribution in [2.75, 3.05) is 13.6 Å². The van der Waals surface area contributed by atoms with Crippen molar-refractivity contribution in [2.45, 2.75) is 45.3 Å². The summed E-state index contributed by atoms with van der Waals surface area (Å²) in [5.74, 6) is 0.354. The number of pyridine rings is 1. The maximum atomic E-state index is 13.0. The summed E-state index contributed by atoms with van der Waals surface area (Å²) in [6.07, 6.45) is 1.46. The molecule has 0 radical (unpaired) electrons. The summed E-state index contributed by atoms with van der Waals surface area (Å²) in [6, 6.07) is 8.14. The molecule has 2 aromatic rings. The molecule has 4 nitrogen and oxygen atoms in total. The first-order chi connectivity index (χ1) is 15.4. The van der Waals surface area contributed by atoms with Gasteiger partial charge in [0.2, 0.25) is 0 Å². The maximum Gasteiger partial charge on any atom is 0.416 e. The molecule has 7 heteroatoms. The van der Waals surface area contributed by atoms with Crippen molar-refractivity contribution in [2.24, 2.45) is 5.92 Å². The van der Waals surface area contributed by atoms with Gasteiger partial charge in [-0.25, -0.2) is 4.98 Å². The van der Waals surface area contributed by atoms with E-state index >= 15 is 0 Å². The van der Waals surface area contributed by atoms with Gasteiger partial charge in [-0.2, -0.15) is 13.2 Å². The number of allylic oxidation sites excluding steroid dienone is 2. The Balaban J connectivity index is 2.08. The Morgan fingerprint density at radius 1 is 1.18 bits per heavy atom. The molecule has 1 aromatic heterocycles. The smallest absolute Gasteiger partial charge is 0.373 e. The number of nitrogens with zero attached hydrogens (tertiary/aromatic N) is 2. The second kappa shape index (κ2) is 9.41. The Labute approximate surface area is 193 Å². The summed E-state index contributed by atoms with van der Waals surface area (Å²) >= 11 is 0. The molecule has 1 N–H and O–H groups in total. The number of nitrogens with one attached hydrogen (secondary N) is 1. The molecule has 3 rings (SSSR count). The largest absolute Gasteiger partial charge is 0.416 e. The highest BCUT2D eigenvalue weighted by molar-refractivity contribution is 5.96. The van der Waals surface area contributed by atoms with Crippen molar-refractivity contribution >= 4 is 11.6 Å². The monoisotopic (exact) mass is 457 g/mol. The van der Waals surface area contributed by atoms with Crippen LogP contribution < -0.4 is 5.32 Å². The molecule has 1 aromatic carbocycles. The molecular formula is C26H30F3N3O. The molecular weight excluding hydrogens is 427 g/mol. The van der Waals surface area contributed by atoms with Gasteiger partial charge in [0.05, 0.1) is 22.6 Å². The van der Waals surface area contributed by atoms with Crippen molar-refractivity contribution in [3.63, 3.8) is 0 Å². The van der Waals surface area contributed by atoms with Gasteiger partial charge >= 0.3 is 6.18 Å². The number of hydrogen-bond acceptors (Lipinski definition) is 3. The second-order valence-corrected chi connectivity index (χ2v) is 9.52. The van der Waals surface area contributed by atoms with E-state index in [2.05, 4.69) is 16.8 Å². The summed E-state index contributed by atoms with van der Waals surface area (Å²) < 4.78 is 39.0. The SMILES string of the molecule is C=C/C=C(/c1cc(C(=O)NC(C)(C)C)cc(-c2ccc(C(F)(F)F)cc2)n1)N(C)CC1CC1. The molecule has 0 bridgehead atoms. The van der Waals surface area contributed by atoms with Gasteiger partial charge < -0.3 is 10.2 Å². The first-order valence-electron chi connectivity index (χ1n) is 10.9. The van der Waals surface area contributed by atoms with E-state index in [1.807, 2.05) is 33.9 Å². The number of hydrogen-bond donors (Lipinski definition) is 1. The minimum atomic E-state index is -4.42. The molecule has 1 heterocycles. The zero-order valence-electron chi connectivity index (χ0n) is 19.5. The van der Waals surface area contributed by atoms with Gasteiger partial charge in [0.25, 0.3) is 5.91 Å². The summed E-state index contributed by atoms with van der Waals surface area (Å²) in [5, 5.41) is 2.94. The Hall–Kier alpha value is -3.09. The fourth-order valence-electron chi connectivity index (χ4n) is 3.49. The number of halogens is 3. The van der Waals surface area contributed by atoms with E-state index in [0.717, 1.165) is 24.4 Å².